The molecule has 0 saturated carbocycles. The third-order valence-corrected chi connectivity index (χ3v) is 3.84. The number of ether oxygens (including phenoxy) is 1. The number of nitrogens with zero attached hydrogens (tertiary/aromatic N) is 3. The van der Waals surface area contributed by atoms with Gasteiger partial charge in [0.15, 0.2) is 5.65 Å². The zero-order valence-electron chi connectivity index (χ0n) is 13.2. The lowest BCUT2D eigenvalue weighted by molar-refractivity contribution is 0.417. The number of hydrogen-bond acceptors (Lipinski definition) is 4. The minimum absolute atomic E-state index is 0.778. The number of fused-ring (bicyclic) bond motifs is 1. The summed E-state index contributed by atoms with van der Waals surface area (Å²) < 4.78 is 7.44. The fraction of sp³-hybridized carbons (Fsp3) is 0.0526. The van der Waals surface area contributed by atoms with E-state index in [2.05, 4.69) is 10.3 Å². The SMILES string of the molecule is COc1ccccc1Nc1c(-c2ccccc2)nc2cnccn12. The number of hydrogen-bond donors (Lipinski definition) is 1. The van der Waals surface area contributed by atoms with Gasteiger partial charge in [-0.15, -0.1) is 0 Å². The highest BCUT2D eigenvalue weighted by atomic mass is 16.5. The van der Waals surface area contributed by atoms with Crippen LogP contribution < -0.4 is 10.1 Å². The maximum Gasteiger partial charge on any atom is 0.157 e. The van der Waals surface area contributed by atoms with Gasteiger partial charge in [0.25, 0.3) is 0 Å². The summed E-state index contributed by atoms with van der Waals surface area (Å²) in [5.41, 5.74) is 3.58. The third kappa shape index (κ3) is 2.46. The van der Waals surface area contributed by atoms with Crippen LogP contribution in [0.15, 0.2) is 73.2 Å². The van der Waals surface area contributed by atoms with Crippen LogP contribution in [0.5, 0.6) is 5.75 Å². The van der Waals surface area contributed by atoms with E-state index in [0.29, 0.717) is 0 Å². The summed E-state index contributed by atoms with van der Waals surface area (Å²) in [4.78, 5) is 8.90. The summed E-state index contributed by atoms with van der Waals surface area (Å²) in [5, 5.41) is 3.46. The van der Waals surface area contributed by atoms with E-state index in [0.717, 1.165) is 34.2 Å². The molecule has 0 aliphatic carbocycles. The second kappa shape index (κ2) is 6.04. The molecule has 0 fully saturated rings. The number of methoxy groups -OCH3 is 1. The second-order valence-corrected chi connectivity index (χ2v) is 5.30. The van der Waals surface area contributed by atoms with Crippen LogP contribution in [0.4, 0.5) is 11.5 Å². The Kier molecular flexibility index (Phi) is 3.59. The van der Waals surface area contributed by atoms with E-state index in [1.807, 2.05) is 65.2 Å². The van der Waals surface area contributed by atoms with Crippen molar-refractivity contribution in [1.29, 1.82) is 0 Å². The van der Waals surface area contributed by atoms with Crippen LogP contribution in [0.3, 0.4) is 0 Å². The Hall–Kier alpha value is -3.34. The molecule has 0 amide bonds. The first kappa shape index (κ1) is 14.3. The molecular formula is C19H16N4O. The molecule has 5 heteroatoms. The lowest BCUT2D eigenvalue weighted by atomic mass is 10.1. The molecule has 4 aromatic rings. The summed E-state index contributed by atoms with van der Waals surface area (Å²) in [7, 11) is 1.66. The van der Waals surface area contributed by atoms with Gasteiger partial charge in [0, 0.05) is 18.0 Å². The van der Waals surface area contributed by atoms with Crippen LogP contribution in [0, 0.1) is 0 Å². The average molecular weight is 316 g/mol. The van der Waals surface area contributed by atoms with Crippen molar-refractivity contribution >= 4 is 17.2 Å². The van der Waals surface area contributed by atoms with Crippen molar-refractivity contribution in [3.63, 3.8) is 0 Å². The number of anilines is 2. The van der Waals surface area contributed by atoms with Crippen LogP contribution in [-0.2, 0) is 0 Å². The van der Waals surface area contributed by atoms with Crippen molar-refractivity contribution in [2.75, 3.05) is 12.4 Å². The molecule has 2 aromatic heterocycles. The molecule has 0 spiro atoms. The molecular weight excluding hydrogens is 300 g/mol. The fourth-order valence-electron chi connectivity index (χ4n) is 2.70. The molecule has 0 bridgehead atoms. The Bertz CT molecular complexity index is 979. The Morgan fingerprint density at radius 1 is 1.00 bits per heavy atom. The Morgan fingerprint density at radius 2 is 1.79 bits per heavy atom. The van der Waals surface area contributed by atoms with Crippen LogP contribution >= 0.6 is 0 Å². The number of nitrogens with one attached hydrogen (secondary N) is 1. The Balaban J connectivity index is 1.90. The first-order chi connectivity index (χ1) is 11.9. The van der Waals surface area contributed by atoms with Crippen molar-refractivity contribution in [3.8, 4) is 17.0 Å². The van der Waals surface area contributed by atoms with Gasteiger partial charge in [-0.3, -0.25) is 9.38 Å². The minimum atomic E-state index is 0.778. The van der Waals surface area contributed by atoms with Gasteiger partial charge in [0.2, 0.25) is 0 Å². The predicted molar refractivity (Wildman–Crippen MR) is 94.7 cm³/mol. The number of imidazole rings is 1. The summed E-state index contributed by atoms with van der Waals surface area (Å²) >= 11 is 0. The van der Waals surface area contributed by atoms with Gasteiger partial charge in [-0.25, -0.2) is 4.98 Å². The normalized spacial score (nSPS) is 10.7. The van der Waals surface area contributed by atoms with Gasteiger partial charge >= 0.3 is 0 Å². The lowest BCUT2D eigenvalue weighted by Crippen LogP contribution is -1.99. The molecule has 0 aliphatic heterocycles. The molecule has 2 aromatic carbocycles. The highest BCUT2D eigenvalue weighted by molar-refractivity contribution is 5.80. The zero-order chi connectivity index (χ0) is 16.4. The first-order valence-corrected chi connectivity index (χ1v) is 7.64. The van der Waals surface area contributed by atoms with Gasteiger partial charge in [-0.05, 0) is 12.1 Å². The molecule has 0 aliphatic rings. The quantitative estimate of drug-likeness (QED) is 0.614. The molecule has 0 radical (unpaired) electrons. The Morgan fingerprint density at radius 3 is 2.62 bits per heavy atom. The monoisotopic (exact) mass is 316 g/mol. The largest absolute Gasteiger partial charge is 0.495 e. The van der Waals surface area contributed by atoms with Gasteiger partial charge in [-0.2, -0.15) is 0 Å². The van der Waals surface area contributed by atoms with Crippen LogP contribution in [-0.4, -0.2) is 21.5 Å². The van der Waals surface area contributed by atoms with Crippen LogP contribution in [0.1, 0.15) is 0 Å². The van der Waals surface area contributed by atoms with Crippen molar-refractivity contribution in [3.05, 3.63) is 73.2 Å². The lowest BCUT2D eigenvalue weighted by Gasteiger charge is -2.12. The Labute approximate surface area is 139 Å². The van der Waals surface area contributed by atoms with Crippen molar-refractivity contribution in [1.82, 2.24) is 14.4 Å². The average Bonchev–Trinajstić information content (AvgIpc) is 3.02. The summed E-state index contributed by atoms with van der Waals surface area (Å²) in [6.07, 6.45) is 5.39. The maximum absolute atomic E-state index is 5.45. The summed E-state index contributed by atoms with van der Waals surface area (Å²) in [6, 6.07) is 17.9. The van der Waals surface area contributed by atoms with E-state index in [-0.39, 0.29) is 0 Å². The number of aromatic nitrogens is 3. The molecule has 0 atom stereocenters. The van der Waals surface area contributed by atoms with Gasteiger partial charge in [-0.1, -0.05) is 42.5 Å². The van der Waals surface area contributed by atoms with E-state index in [1.165, 1.54) is 0 Å². The molecule has 24 heavy (non-hydrogen) atoms. The van der Waals surface area contributed by atoms with E-state index in [4.69, 9.17) is 9.72 Å². The van der Waals surface area contributed by atoms with Crippen molar-refractivity contribution < 1.29 is 4.74 Å². The van der Waals surface area contributed by atoms with E-state index >= 15 is 0 Å². The van der Waals surface area contributed by atoms with Gasteiger partial charge < -0.3 is 10.1 Å². The van der Waals surface area contributed by atoms with Crippen molar-refractivity contribution in [2.24, 2.45) is 0 Å². The van der Waals surface area contributed by atoms with Gasteiger partial charge in [0.1, 0.15) is 17.3 Å². The predicted octanol–water partition coefficient (Wildman–Crippen LogP) is 4.15. The summed E-state index contributed by atoms with van der Waals surface area (Å²) in [6.45, 7) is 0. The smallest absolute Gasteiger partial charge is 0.157 e. The molecule has 118 valence electrons. The maximum atomic E-state index is 5.45. The van der Waals surface area contributed by atoms with Gasteiger partial charge in [0.05, 0.1) is 19.0 Å². The highest BCUT2D eigenvalue weighted by Crippen LogP contribution is 2.33. The van der Waals surface area contributed by atoms with Crippen LogP contribution in [0.25, 0.3) is 16.9 Å². The first-order valence-electron chi connectivity index (χ1n) is 7.64. The minimum Gasteiger partial charge on any atom is -0.495 e. The molecule has 1 N–H and O–H groups in total. The molecule has 2 heterocycles. The number of rotatable bonds is 4. The summed E-state index contributed by atoms with van der Waals surface area (Å²) in [5.74, 6) is 1.66. The molecule has 5 nitrogen and oxygen atoms in total. The highest BCUT2D eigenvalue weighted by Gasteiger charge is 2.15. The fourth-order valence-corrected chi connectivity index (χ4v) is 2.70. The van der Waals surface area contributed by atoms with E-state index in [1.54, 1.807) is 19.5 Å². The molecule has 0 saturated heterocycles. The number of benzene rings is 2. The molecule has 4 rings (SSSR count). The molecule has 0 unspecified atom stereocenters. The van der Waals surface area contributed by atoms with E-state index in [9.17, 15) is 0 Å². The standard InChI is InChI=1S/C19H16N4O/c1-24-16-10-6-5-9-15(16)21-19-18(14-7-3-2-4-8-14)22-17-13-20-11-12-23(17)19/h2-13,21H,1H3. The number of para-hydroxylation sites is 2. The van der Waals surface area contributed by atoms with E-state index < -0.39 is 0 Å². The van der Waals surface area contributed by atoms with Crippen molar-refractivity contribution in [2.45, 2.75) is 0 Å². The second-order valence-electron chi connectivity index (χ2n) is 5.30. The van der Waals surface area contributed by atoms with Crippen LogP contribution in [0.2, 0.25) is 0 Å². The zero-order valence-corrected chi connectivity index (χ0v) is 13.2. The topological polar surface area (TPSA) is 51.5 Å². The third-order valence-electron chi connectivity index (χ3n) is 3.84.